The molecule has 0 aliphatic heterocycles. The first-order valence-electron chi connectivity index (χ1n) is 6.15. The van der Waals surface area contributed by atoms with Crippen LogP contribution >= 0.6 is 0 Å². The third-order valence-electron chi connectivity index (χ3n) is 2.67. The van der Waals surface area contributed by atoms with Gasteiger partial charge in [0.15, 0.2) is 0 Å². The van der Waals surface area contributed by atoms with Gasteiger partial charge in [0.25, 0.3) is 0 Å². The lowest BCUT2D eigenvalue weighted by molar-refractivity contribution is 0.494. The van der Waals surface area contributed by atoms with E-state index >= 15 is 0 Å². The van der Waals surface area contributed by atoms with Crippen LogP contribution in [-0.2, 0) is 16.6 Å². The van der Waals surface area contributed by atoms with Crippen molar-refractivity contribution in [2.24, 2.45) is 0 Å². The van der Waals surface area contributed by atoms with Crippen LogP contribution < -0.4 is 10.0 Å². The molecule has 0 aliphatic carbocycles. The fourth-order valence-electron chi connectivity index (χ4n) is 1.77. The number of nitrogens with zero attached hydrogens (tertiary/aromatic N) is 3. The van der Waals surface area contributed by atoms with E-state index in [0.717, 1.165) is 0 Å². The normalized spacial score (nSPS) is 13.1. The van der Waals surface area contributed by atoms with Gasteiger partial charge < -0.3 is 5.32 Å². The highest BCUT2D eigenvalue weighted by Gasteiger charge is 2.18. The molecule has 2 aromatic rings. The van der Waals surface area contributed by atoms with Crippen molar-refractivity contribution in [1.29, 1.82) is 0 Å². The standard InChI is InChI=1S/C12H17N5O2S/c1-10(9-17-7-3-5-15-17)16-20(18,19)11-4-6-14-12(8-11)13-2/h3-8,10,16H,9H2,1-2H3,(H,13,14). The Labute approximate surface area is 118 Å². The van der Waals surface area contributed by atoms with Crippen molar-refractivity contribution >= 4 is 15.8 Å². The largest absolute Gasteiger partial charge is 0.373 e. The van der Waals surface area contributed by atoms with Gasteiger partial charge >= 0.3 is 0 Å². The van der Waals surface area contributed by atoms with Crippen LogP contribution in [0.25, 0.3) is 0 Å². The summed E-state index contributed by atoms with van der Waals surface area (Å²) in [6, 6.07) is 4.47. The zero-order valence-electron chi connectivity index (χ0n) is 11.3. The number of rotatable bonds is 6. The van der Waals surface area contributed by atoms with Crippen molar-refractivity contribution in [3.8, 4) is 0 Å². The van der Waals surface area contributed by atoms with Gasteiger partial charge in [0, 0.05) is 37.7 Å². The molecule has 20 heavy (non-hydrogen) atoms. The summed E-state index contributed by atoms with van der Waals surface area (Å²) in [5, 5.41) is 6.86. The van der Waals surface area contributed by atoms with E-state index in [-0.39, 0.29) is 10.9 Å². The van der Waals surface area contributed by atoms with Gasteiger partial charge in [0.1, 0.15) is 5.82 Å². The Morgan fingerprint density at radius 1 is 1.40 bits per heavy atom. The van der Waals surface area contributed by atoms with Crippen LogP contribution in [0.3, 0.4) is 0 Å². The monoisotopic (exact) mass is 295 g/mol. The molecule has 0 saturated carbocycles. The maximum Gasteiger partial charge on any atom is 0.241 e. The maximum atomic E-state index is 12.2. The summed E-state index contributed by atoms with van der Waals surface area (Å²) in [5.74, 6) is 0.507. The average Bonchev–Trinajstić information content (AvgIpc) is 2.91. The van der Waals surface area contributed by atoms with Gasteiger partial charge in [-0.05, 0) is 19.1 Å². The molecule has 8 heteroatoms. The van der Waals surface area contributed by atoms with E-state index in [1.807, 2.05) is 0 Å². The lowest BCUT2D eigenvalue weighted by Gasteiger charge is -2.14. The Morgan fingerprint density at radius 3 is 2.85 bits per heavy atom. The molecular weight excluding hydrogens is 278 g/mol. The number of pyridine rings is 1. The van der Waals surface area contributed by atoms with E-state index < -0.39 is 10.0 Å². The summed E-state index contributed by atoms with van der Waals surface area (Å²) in [6.45, 7) is 2.26. The van der Waals surface area contributed by atoms with Gasteiger partial charge in [0.2, 0.25) is 10.0 Å². The molecule has 0 saturated heterocycles. The highest BCUT2D eigenvalue weighted by Crippen LogP contribution is 2.12. The summed E-state index contributed by atoms with van der Waals surface area (Å²) >= 11 is 0. The number of sulfonamides is 1. The first-order valence-corrected chi connectivity index (χ1v) is 7.63. The van der Waals surface area contributed by atoms with Crippen LogP contribution in [0.5, 0.6) is 0 Å². The second-order valence-electron chi connectivity index (χ2n) is 4.38. The maximum absolute atomic E-state index is 12.2. The minimum atomic E-state index is -3.57. The summed E-state index contributed by atoms with van der Waals surface area (Å²) in [6.07, 6.45) is 4.90. The first-order chi connectivity index (χ1) is 9.51. The first kappa shape index (κ1) is 14.5. The zero-order chi connectivity index (χ0) is 14.6. The van der Waals surface area contributed by atoms with E-state index in [0.29, 0.717) is 12.4 Å². The molecule has 2 N–H and O–H groups in total. The lowest BCUT2D eigenvalue weighted by Crippen LogP contribution is -2.35. The summed E-state index contributed by atoms with van der Waals surface area (Å²) in [5.41, 5.74) is 0. The molecule has 2 heterocycles. The van der Waals surface area contributed by atoms with Gasteiger partial charge in [-0.1, -0.05) is 0 Å². The fraction of sp³-hybridized carbons (Fsp3) is 0.333. The molecule has 0 aliphatic rings. The molecule has 0 amide bonds. The molecule has 1 unspecified atom stereocenters. The molecule has 2 aromatic heterocycles. The number of nitrogens with one attached hydrogen (secondary N) is 2. The zero-order valence-corrected chi connectivity index (χ0v) is 12.1. The highest BCUT2D eigenvalue weighted by molar-refractivity contribution is 7.89. The minimum Gasteiger partial charge on any atom is -0.373 e. The Balaban J connectivity index is 2.10. The van der Waals surface area contributed by atoms with Gasteiger partial charge in [-0.3, -0.25) is 4.68 Å². The average molecular weight is 295 g/mol. The molecule has 1 atom stereocenters. The molecule has 0 fully saturated rings. The highest BCUT2D eigenvalue weighted by atomic mass is 32.2. The van der Waals surface area contributed by atoms with Crippen LogP contribution in [0.2, 0.25) is 0 Å². The van der Waals surface area contributed by atoms with Crippen LogP contribution in [-0.4, -0.2) is 36.3 Å². The third-order valence-corrected chi connectivity index (χ3v) is 4.26. The number of hydrogen-bond acceptors (Lipinski definition) is 5. The molecule has 0 radical (unpaired) electrons. The molecule has 0 spiro atoms. The van der Waals surface area contributed by atoms with Crippen molar-refractivity contribution < 1.29 is 8.42 Å². The summed E-state index contributed by atoms with van der Waals surface area (Å²) in [4.78, 5) is 4.18. The van der Waals surface area contributed by atoms with E-state index in [1.54, 1.807) is 37.1 Å². The number of aromatic nitrogens is 3. The van der Waals surface area contributed by atoms with Gasteiger partial charge in [0.05, 0.1) is 11.4 Å². The molecule has 0 bridgehead atoms. The van der Waals surface area contributed by atoms with Crippen molar-refractivity contribution in [3.63, 3.8) is 0 Å². The van der Waals surface area contributed by atoms with Crippen LogP contribution in [0, 0.1) is 0 Å². The van der Waals surface area contributed by atoms with Crippen LogP contribution in [0.1, 0.15) is 6.92 Å². The second-order valence-corrected chi connectivity index (χ2v) is 6.09. The predicted molar refractivity (Wildman–Crippen MR) is 75.8 cm³/mol. The topological polar surface area (TPSA) is 88.9 Å². The van der Waals surface area contributed by atoms with E-state index in [2.05, 4.69) is 20.1 Å². The smallest absolute Gasteiger partial charge is 0.241 e. The van der Waals surface area contributed by atoms with Crippen molar-refractivity contribution in [3.05, 3.63) is 36.8 Å². The van der Waals surface area contributed by atoms with Gasteiger partial charge in [-0.15, -0.1) is 0 Å². The lowest BCUT2D eigenvalue weighted by atomic mass is 10.4. The van der Waals surface area contributed by atoms with Crippen molar-refractivity contribution in [2.45, 2.75) is 24.4 Å². The number of hydrogen-bond donors (Lipinski definition) is 2. The molecule has 0 aromatic carbocycles. The van der Waals surface area contributed by atoms with E-state index in [9.17, 15) is 8.42 Å². The summed E-state index contributed by atoms with van der Waals surface area (Å²) in [7, 11) is -1.88. The molecule has 2 rings (SSSR count). The third kappa shape index (κ3) is 3.55. The van der Waals surface area contributed by atoms with Crippen molar-refractivity contribution in [2.75, 3.05) is 12.4 Å². The second kappa shape index (κ2) is 6.02. The van der Waals surface area contributed by atoms with Gasteiger partial charge in [-0.25, -0.2) is 18.1 Å². The van der Waals surface area contributed by atoms with E-state index in [4.69, 9.17) is 0 Å². The molecule has 7 nitrogen and oxygen atoms in total. The number of anilines is 1. The van der Waals surface area contributed by atoms with E-state index in [1.165, 1.54) is 18.3 Å². The molecular formula is C12H17N5O2S. The Bertz CT molecular complexity index is 654. The Kier molecular flexibility index (Phi) is 4.35. The van der Waals surface area contributed by atoms with Crippen LogP contribution in [0.15, 0.2) is 41.7 Å². The summed E-state index contributed by atoms with van der Waals surface area (Å²) < 4.78 is 28.8. The van der Waals surface area contributed by atoms with Crippen LogP contribution in [0.4, 0.5) is 5.82 Å². The Hall–Kier alpha value is -1.93. The fourth-order valence-corrected chi connectivity index (χ4v) is 3.02. The molecule has 108 valence electrons. The minimum absolute atomic E-state index is 0.184. The Morgan fingerprint density at radius 2 is 2.20 bits per heavy atom. The van der Waals surface area contributed by atoms with Crippen molar-refractivity contribution in [1.82, 2.24) is 19.5 Å². The SMILES string of the molecule is CNc1cc(S(=O)(=O)NC(C)Cn2cccn2)ccn1. The predicted octanol–water partition coefficient (Wildman–Crippen LogP) is 0.687. The quantitative estimate of drug-likeness (QED) is 0.818. The van der Waals surface area contributed by atoms with Gasteiger partial charge in [-0.2, -0.15) is 5.10 Å².